The van der Waals surface area contributed by atoms with E-state index in [0.717, 1.165) is 18.5 Å². The van der Waals surface area contributed by atoms with E-state index < -0.39 is 5.60 Å². The standard InChI is InChI=1S/C10H24OP3.Li/c1-12(2)7-10(11,8-13(3)4)9-14(5)6;/h7-9H2,1-6H3;/q-1;+1. The number of rotatable bonds is 6. The molecule has 0 heterocycles. The van der Waals surface area contributed by atoms with Crippen LogP contribution in [0.4, 0.5) is 0 Å². The zero-order valence-corrected chi connectivity index (χ0v) is 14.1. The van der Waals surface area contributed by atoms with Crippen molar-refractivity contribution in [3.05, 3.63) is 0 Å². The van der Waals surface area contributed by atoms with Gasteiger partial charge >= 0.3 is 18.9 Å². The Morgan fingerprint density at radius 1 is 0.733 bits per heavy atom. The fourth-order valence-electron chi connectivity index (χ4n) is 1.88. The minimum atomic E-state index is -0.598. The average molecular weight is 260 g/mol. The van der Waals surface area contributed by atoms with E-state index in [9.17, 15) is 5.11 Å². The van der Waals surface area contributed by atoms with Crippen molar-refractivity contribution in [2.75, 3.05) is 58.5 Å². The molecule has 0 spiro atoms. The molecule has 0 unspecified atom stereocenters. The maximum Gasteiger partial charge on any atom is 1.00 e. The molecule has 5 heteroatoms. The summed E-state index contributed by atoms with van der Waals surface area (Å²) in [7, 11) is -0.124. The third kappa shape index (κ3) is 10.7. The second-order valence-electron chi connectivity index (χ2n) is 4.90. The molecule has 0 aliphatic carbocycles. The van der Waals surface area contributed by atoms with Gasteiger partial charge in [0.15, 0.2) is 0 Å². The van der Waals surface area contributed by atoms with Crippen molar-refractivity contribution in [3.8, 4) is 0 Å². The predicted octanol–water partition coefficient (Wildman–Crippen LogP) is -0.686. The van der Waals surface area contributed by atoms with Crippen molar-refractivity contribution in [3.63, 3.8) is 0 Å². The quantitative estimate of drug-likeness (QED) is 0.458. The van der Waals surface area contributed by atoms with Gasteiger partial charge in [0.2, 0.25) is 0 Å². The Hall–Kier alpha value is 1.85. The van der Waals surface area contributed by atoms with Gasteiger partial charge in [-0.25, -0.2) is 0 Å². The van der Waals surface area contributed by atoms with E-state index in [1.165, 1.54) is 0 Å². The molecule has 0 aromatic heterocycles. The van der Waals surface area contributed by atoms with Crippen LogP contribution in [0.15, 0.2) is 0 Å². The maximum absolute atomic E-state index is 12.6. The molecule has 15 heavy (non-hydrogen) atoms. The van der Waals surface area contributed by atoms with Crippen LogP contribution in [0.1, 0.15) is 0 Å². The van der Waals surface area contributed by atoms with Gasteiger partial charge in [0, 0.05) is 0 Å². The Bertz CT molecular complexity index is 136. The van der Waals surface area contributed by atoms with Gasteiger partial charge in [-0.3, -0.25) is 0 Å². The first-order valence-corrected chi connectivity index (χ1v) is 12.2. The van der Waals surface area contributed by atoms with E-state index in [4.69, 9.17) is 0 Å². The topological polar surface area (TPSA) is 23.1 Å². The molecule has 0 N–H and O–H groups in total. The van der Waals surface area contributed by atoms with Crippen molar-refractivity contribution in [2.45, 2.75) is 5.60 Å². The number of hydrogen-bond donors (Lipinski definition) is 0. The average Bonchev–Trinajstić information content (AvgIpc) is 1.76. The minimum Gasteiger partial charge on any atom is -0.849 e. The first kappa shape index (κ1) is 19.2. The van der Waals surface area contributed by atoms with Gasteiger partial charge in [-0.2, -0.15) is 0 Å². The normalized spacial score (nSPS) is 12.4. The molecule has 0 amide bonds. The summed E-state index contributed by atoms with van der Waals surface area (Å²) in [6.07, 6.45) is 2.76. The molecule has 0 aliphatic heterocycles. The summed E-state index contributed by atoms with van der Waals surface area (Å²) in [6.45, 7) is 13.4. The van der Waals surface area contributed by atoms with Crippen LogP contribution in [0, 0.1) is 0 Å². The van der Waals surface area contributed by atoms with E-state index in [1.807, 2.05) is 0 Å². The first-order chi connectivity index (χ1) is 6.25. The van der Waals surface area contributed by atoms with E-state index >= 15 is 0 Å². The first-order valence-electron chi connectivity index (χ1n) is 4.90. The summed E-state index contributed by atoms with van der Waals surface area (Å²) in [4.78, 5) is 0. The molecule has 0 aromatic carbocycles. The fraction of sp³-hybridized carbons (Fsp3) is 1.00. The van der Waals surface area contributed by atoms with Crippen LogP contribution in [0.25, 0.3) is 0 Å². The van der Waals surface area contributed by atoms with Crippen LogP contribution >= 0.6 is 23.8 Å². The van der Waals surface area contributed by atoms with Crippen LogP contribution in [-0.2, 0) is 0 Å². The summed E-state index contributed by atoms with van der Waals surface area (Å²) in [5.41, 5.74) is -0.598. The van der Waals surface area contributed by atoms with Gasteiger partial charge in [0.05, 0.1) is 0 Å². The van der Waals surface area contributed by atoms with Crippen LogP contribution < -0.4 is 24.0 Å². The second kappa shape index (κ2) is 8.87. The Kier molecular flexibility index (Phi) is 11.3. The van der Waals surface area contributed by atoms with Gasteiger partial charge in [-0.05, 0) is 58.5 Å². The fourth-order valence-corrected chi connectivity index (χ4v) is 6.54. The summed E-state index contributed by atoms with van der Waals surface area (Å²) >= 11 is 0. The third-order valence-corrected chi connectivity index (χ3v) is 5.44. The second-order valence-corrected chi connectivity index (χ2v) is 12.3. The Balaban J connectivity index is 0. The molecule has 0 saturated heterocycles. The van der Waals surface area contributed by atoms with Gasteiger partial charge in [-0.1, -0.05) is 0 Å². The van der Waals surface area contributed by atoms with Crippen molar-refractivity contribution >= 4 is 23.8 Å². The molecule has 0 fully saturated rings. The van der Waals surface area contributed by atoms with E-state index in [1.54, 1.807) is 0 Å². The van der Waals surface area contributed by atoms with Crippen molar-refractivity contribution in [2.24, 2.45) is 0 Å². The molecule has 86 valence electrons. The monoisotopic (exact) mass is 260 g/mol. The molecule has 1 nitrogen and oxygen atoms in total. The van der Waals surface area contributed by atoms with Crippen molar-refractivity contribution < 1.29 is 24.0 Å². The SMILES string of the molecule is CP(C)CC([O-])(CP(C)C)CP(C)C.[Li+]. The summed E-state index contributed by atoms with van der Waals surface area (Å²) in [5, 5.41) is 12.6. The van der Waals surface area contributed by atoms with Gasteiger partial charge in [0.25, 0.3) is 0 Å². The molecule has 0 saturated carbocycles. The maximum atomic E-state index is 12.6. The van der Waals surface area contributed by atoms with E-state index in [0.29, 0.717) is 0 Å². The zero-order chi connectivity index (χ0) is 11.4. The summed E-state index contributed by atoms with van der Waals surface area (Å²) in [5.74, 6) is 0. The zero-order valence-electron chi connectivity index (χ0n) is 11.4. The van der Waals surface area contributed by atoms with Crippen LogP contribution in [-0.4, -0.2) is 64.1 Å². The van der Waals surface area contributed by atoms with E-state index in [2.05, 4.69) is 40.0 Å². The Labute approximate surface area is 112 Å². The largest absolute Gasteiger partial charge is 1.00 e. The van der Waals surface area contributed by atoms with Crippen LogP contribution in [0.5, 0.6) is 0 Å². The number of hydrogen-bond acceptors (Lipinski definition) is 1. The third-order valence-electron chi connectivity index (χ3n) is 1.81. The van der Waals surface area contributed by atoms with Crippen LogP contribution in [0.2, 0.25) is 0 Å². The van der Waals surface area contributed by atoms with Crippen LogP contribution in [0.3, 0.4) is 0 Å². The molecular weight excluding hydrogens is 236 g/mol. The molecule has 0 atom stereocenters. The molecule has 0 rings (SSSR count). The summed E-state index contributed by atoms with van der Waals surface area (Å²) in [6, 6.07) is 0. The van der Waals surface area contributed by atoms with E-state index in [-0.39, 0.29) is 42.6 Å². The van der Waals surface area contributed by atoms with Crippen molar-refractivity contribution in [1.29, 1.82) is 0 Å². The Morgan fingerprint density at radius 2 is 0.933 bits per heavy atom. The van der Waals surface area contributed by atoms with Gasteiger partial charge < -0.3 is 5.11 Å². The summed E-state index contributed by atoms with van der Waals surface area (Å²) < 4.78 is 0. The smallest absolute Gasteiger partial charge is 0.849 e. The molecule has 0 radical (unpaired) electrons. The molecule has 0 aromatic rings. The molecule has 0 aliphatic rings. The van der Waals surface area contributed by atoms with Crippen molar-refractivity contribution in [1.82, 2.24) is 0 Å². The minimum absolute atomic E-state index is 0. The Morgan fingerprint density at radius 3 is 1.07 bits per heavy atom. The molecular formula is C10H24LiOP3. The predicted molar refractivity (Wildman–Crippen MR) is 73.6 cm³/mol. The van der Waals surface area contributed by atoms with Gasteiger partial charge in [-0.15, -0.1) is 29.4 Å². The van der Waals surface area contributed by atoms with Gasteiger partial charge in [0.1, 0.15) is 0 Å². The molecule has 0 bridgehead atoms.